The standard InChI is InChI=1S/C21H16O4/c1-25-19-10-9-16-12-18(8-7-17(16)13-19)20(22)11-4-14-2-5-15(6-3-14)21(23)24/h2-13H,1H3,(H,23,24)/p-1/b11-4+. The molecule has 0 atom stereocenters. The van der Waals surface area contributed by atoms with Crippen LogP contribution in [-0.4, -0.2) is 18.9 Å². The van der Waals surface area contributed by atoms with Crippen LogP contribution >= 0.6 is 0 Å². The van der Waals surface area contributed by atoms with Crippen molar-refractivity contribution in [3.63, 3.8) is 0 Å². The molecule has 4 nitrogen and oxygen atoms in total. The van der Waals surface area contributed by atoms with E-state index < -0.39 is 5.97 Å². The molecular weight excluding hydrogens is 316 g/mol. The molecule has 0 spiro atoms. The minimum Gasteiger partial charge on any atom is -0.545 e. The van der Waals surface area contributed by atoms with Crippen LogP contribution in [0.3, 0.4) is 0 Å². The average Bonchev–Trinajstić information content (AvgIpc) is 2.65. The van der Waals surface area contributed by atoms with Crippen LogP contribution in [0.1, 0.15) is 26.3 Å². The highest BCUT2D eigenvalue weighted by Crippen LogP contribution is 2.22. The number of methoxy groups -OCH3 is 1. The van der Waals surface area contributed by atoms with Gasteiger partial charge in [-0.15, -0.1) is 0 Å². The van der Waals surface area contributed by atoms with Crippen molar-refractivity contribution < 1.29 is 19.4 Å². The molecule has 3 rings (SSSR count). The quantitative estimate of drug-likeness (QED) is 0.532. The highest BCUT2D eigenvalue weighted by atomic mass is 16.5. The summed E-state index contributed by atoms with van der Waals surface area (Å²) in [5.74, 6) is -0.576. The molecule has 0 radical (unpaired) electrons. The monoisotopic (exact) mass is 331 g/mol. The van der Waals surface area contributed by atoms with E-state index in [2.05, 4.69) is 0 Å². The molecule has 0 bridgehead atoms. The zero-order chi connectivity index (χ0) is 17.8. The number of fused-ring (bicyclic) bond motifs is 1. The molecule has 0 saturated carbocycles. The van der Waals surface area contributed by atoms with Crippen LogP contribution in [0.15, 0.2) is 66.7 Å². The highest BCUT2D eigenvalue weighted by molar-refractivity contribution is 6.08. The molecule has 4 heteroatoms. The number of ketones is 1. The van der Waals surface area contributed by atoms with E-state index in [9.17, 15) is 14.7 Å². The average molecular weight is 331 g/mol. The van der Waals surface area contributed by atoms with Crippen LogP contribution in [-0.2, 0) is 0 Å². The van der Waals surface area contributed by atoms with Crippen molar-refractivity contribution in [1.82, 2.24) is 0 Å². The Hall–Kier alpha value is -3.40. The van der Waals surface area contributed by atoms with Gasteiger partial charge in [0.15, 0.2) is 5.78 Å². The summed E-state index contributed by atoms with van der Waals surface area (Å²) >= 11 is 0. The molecule has 3 aromatic rings. The van der Waals surface area contributed by atoms with Gasteiger partial charge in [0, 0.05) is 5.56 Å². The molecule has 25 heavy (non-hydrogen) atoms. The molecule has 0 N–H and O–H groups in total. The van der Waals surface area contributed by atoms with E-state index in [0.29, 0.717) is 5.56 Å². The zero-order valence-electron chi connectivity index (χ0n) is 13.6. The van der Waals surface area contributed by atoms with Gasteiger partial charge in [0.1, 0.15) is 5.75 Å². The molecule has 0 saturated heterocycles. The first-order valence-corrected chi connectivity index (χ1v) is 7.68. The molecule has 0 fully saturated rings. The van der Waals surface area contributed by atoms with E-state index in [1.165, 1.54) is 18.2 Å². The van der Waals surface area contributed by atoms with Gasteiger partial charge in [0.25, 0.3) is 0 Å². The summed E-state index contributed by atoms with van der Waals surface area (Å²) in [6.45, 7) is 0. The molecular formula is C21H15O4-. The molecule has 0 unspecified atom stereocenters. The van der Waals surface area contributed by atoms with Crippen molar-refractivity contribution in [2.45, 2.75) is 0 Å². The van der Waals surface area contributed by atoms with E-state index >= 15 is 0 Å². The maximum Gasteiger partial charge on any atom is 0.185 e. The molecule has 124 valence electrons. The number of aromatic carboxylic acids is 1. The maximum absolute atomic E-state index is 12.3. The topological polar surface area (TPSA) is 66.4 Å². The molecule has 0 heterocycles. The van der Waals surface area contributed by atoms with Crippen molar-refractivity contribution >= 4 is 28.6 Å². The van der Waals surface area contributed by atoms with Gasteiger partial charge in [-0.05, 0) is 46.2 Å². The number of allylic oxidation sites excluding steroid dienone is 1. The van der Waals surface area contributed by atoms with E-state index in [0.717, 1.165) is 22.1 Å². The third-order valence-electron chi connectivity index (χ3n) is 3.91. The van der Waals surface area contributed by atoms with E-state index in [1.807, 2.05) is 30.3 Å². The van der Waals surface area contributed by atoms with Crippen molar-refractivity contribution in [2.24, 2.45) is 0 Å². The summed E-state index contributed by atoms with van der Waals surface area (Å²) in [4.78, 5) is 23.1. The summed E-state index contributed by atoms with van der Waals surface area (Å²) in [6, 6.07) is 17.3. The smallest absolute Gasteiger partial charge is 0.185 e. The largest absolute Gasteiger partial charge is 0.545 e. The Morgan fingerprint density at radius 1 is 0.880 bits per heavy atom. The Morgan fingerprint density at radius 2 is 1.52 bits per heavy atom. The van der Waals surface area contributed by atoms with Crippen LogP contribution in [0.2, 0.25) is 0 Å². The number of hydrogen-bond donors (Lipinski definition) is 0. The Labute approximate surface area is 145 Å². The van der Waals surface area contributed by atoms with Gasteiger partial charge in [-0.2, -0.15) is 0 Å². The lowest BCUT2D eigenvalue weighted by Crippen LogP contribution is -2.21. The first kappa shape index (κ1) is 16.5. The van der Waals surface area contributed by atoms with Gasteiger partial charge >= 0.3 is 0 Å². The van der Waals surface area contributed by atoms with Crippen molar-refractivity contribution in [3.05, 3.63) is 83.4 Å². The number of ether oxygens (including phenoxy) is 1. The van der Waals surface area contributed by atoms with Crippen molar-refractivity contribution in [1.29, 1.82) is 0 Å². The summed E-state index contributed by atoms with van der Waals surface area (Å²) in [5, 5.41) is 12.7. The Bertz CT molecular complexity index is 969. The SMILES string of the molecule is COc1ccc2cc(C(=O)/C=C/c3ccc(C(=O)[O-])cc3)ccc2c1. The first-order valence-electron chi connectivity index (χ1n) is 7.68. The van der Waals surface area contributed by atoms with Gasteiger partial charge in [0.05, 0.1) is 13.1 Å². The highest BCUT2D eigenvalue weighted by Gasteiger charge is 2.04. The van der Waals surface area contributed by atoms with Crippen LogP contribution in [0.25, 0.3) is 16.8 Å². The molecule has 0 aliphatic heterocycles. The number of benzene rings is 3. The summed E-state index contributed by atoms with van der Waals surface area (Å²) in [6.07, 6.45) is 3.12. The van der Waals surface area contributed by atoms with Crippen molar-refractivity contribution in [2.75, 3.05) is 7.11 Å². The van der Waals surface area contributed by atoms with Gasteiger partial charge < -0.3 is 14.6 Å². The van der Waals surface area contributed by atoms with Gasteiger partial charge in [-0.1, -0.05) is 48.5 Å². The minimum atomic E-state index is -1.22. The van der Waals surface area contributed by atoms with E-state index in [4.69, 9.17) is 4.74 Å². The number of rotatable bonds is 5. The number of carbonyl (C=O) groups is 2. The first-order chi connectivity index (χ1) is 12.1. The lowest BCUT2D eigenvalue weighted by atomic mass is 10.0. The normalized spacial score (nSPS) is 10.9. The number of carbonyl (C=O) groups excluding carboxylic acids is 2. The predicted molar refractivity (Wildman–Crippen MR) is 94.6 cm³/mol. The predicted octanol–water partition coefficient (Wildman–Crippen LogP) is 3.11. The third kappa shape index (κ3) is 3.75. The van der Waals surface area contributed by atoms with E-state index in [1.54, 1.807) is 31.4 Å². The molecule has 0 amide bonds. The lowest BCUT2D eigenvalue weighted by Gasteiger charge is -2.04. The second kappa shape index (κ2) is 7.01. The zero-order valence-corrected chi connectivity index (χ0v) is 13.6. The van der Waals surface area contributed by atoms with Crippen LogP contribution in [0.5, 0.6) is 5.75 Å². The Morgan fingerprint density at radius 3 is 2.20 bits per heavy atom. The third-order valence-corrected chi connectivity index (χ3v) is 3.91. The van der Waals surface area contributed by atoms with Gasteiger partial charge in [-0.3, -0.25) is 4.79 Å². The maximum atomic E-state index is 12.3. The molecule has 3 aromatic carbocycles. The lowest BCUT2D eigenvalue weighted by molar-refractivity contribution is -0.255. The van der Waals surface area contributed by atoms with Crippen LogP contribution < -0.4 is 9.84 Å². The fourth-order valence-electron chi connectivity index (χ4n) is 2.50. The van der Waals surface area contributed by atoms with Gasteiger partial charge in [-0.25, -0.2) is 0 Å². The fourth-order valence-corrected chi connectivity index (χ4v) is 2.50. The number of carboxylic acids is 1. The Kier molecular flexibility index (Phi) is 4.61. The summed E-state index contributed by atoms with van der Waals surface area (Å²) in [5.41, 5.74) is 1.43. The summed E-state index contributed by atoms with van der Waals surface area (Å²) in [7, 11) is 1.61. The minimum absolute atomic E-state index is 0.105. The van der Waals surface area contributed by atoms with Crippen molar-refractivity contribution in [3.8, 4) is 5.75 Å². The molecule has 0 aromatic heterocycles. The van der Waals surface area contributed by atoms with E-state index in [-0.39, 0.29) is 11.3 Å². The van der Waals surface area contributed by atoms with Crippen LogP contribution in [0.4, 0.5) is 0 Å². The van der Waals surface area contributed by atoms with Gasteiger partial charge in [0.2, 0.25) is 0 Å². The number of carboxylic acid groups (broad SMARTS) is 1. The molecule has 0 aliphatic carbocycles. The summed E-state index contributed by atoms with van der Waals surface area (Å²) < 4.78 is 5.19. The Balaban J connectivity index is 1.80. The molecule has 0 aliphatic rings. The number of hydrogen-bond acceptors (Lipinski definition) is 4. The van der Waals surface area contributed by atoms with Crippen LogP contribution in [0, 0.1) is 0 Å². The second-order valence-electron chi connectivity index (χ2n) is 5.53. The fraction of sp³-hybridized carbons (Fsp3) is 0.0476. The second-order valence-corrected chi connectivity index (χ2v) is 5.53.